The van der Waals surface area contributed by atoms with E-state index in [4.69, 9.17) is 14.2 Å². The molecule has 7 heteroatoms. The van der Waals surface area contributed by atoms with Gasteiger partial charge in [-0.15, -0.1) is 0 Å². The molecule has 3 rings (SSSR count). The number of carbonyl (C=O) groups is 1. The molecule has 1 atom stereocenters. The minimum absolute atomic E-state index is 0.0421. The van der Waals surface area contributed by atoms with Gasteiger partial charge in [-0.3, -0.25) is 9.69 Å². The Morgan fingerprint density at radius 2 is 1.68 bits per heavy atom. The largest absolute Gasteiger partial charge is 0.497 e. The predicted molar refractivity (Wildman–Crippen MR) is 112 cm³/mol. The molecule has 1 heterocycles. The lowest BCUT2D eigenvalue weighted by atomic mass is 10.3. The van der Waals surface area contributed by atoms with Crippen LogP contribution >= 0.6 is 11.8 Å². The standard InChI is InChI=1S/C21H24N2O4S/c1-4-26-18-7-5-16(6-8-18)22-21-23(15(2)14-28-21)20(24)13-27-19-11-9-17(25-3)10-12-19/h5-12,15H,4,13-14H2,1-3H3/t15-/m0/s1. The van der Waals surface area contributed by atoms with Crippen molar-refractivity contribution in [2.75, 3.05) is 26.1 Å². The molecule has 2 aromatic carbocycles. The number of amidine groups is 1. The van der Waals surface area contributed by atoms with E-state index in [-0.39, 0.29) is 18.6 Å². The number of aliphatic imine (C=N–C) groups is 1. The number of hydrogen-bond donors (Lipinski definition) is 0. The van der Waals surface area contributed by atoms with Crippen LogP contribution in [0.15, 0.2) is 53.5 Å². The zero-order chi connectivity index (χ0) is 19.9. The third-order valence-electron chi connectivity index (χ3n) is 4.16. The van der Waals surface area contributed by atoms with Crippen LogP contribution in [0.2, 0.25) is 0 Å². The van der Waals surface area contributed by atoms with Crippen LogP contribution in [0.25, 0.3) is 0 Å². The summed E-state index contributed by atoms with van der Waals surface area (Å²) in [5.41, 5.74) is 0.786. The Morgan fingerprint density at radius 1 is 1.07 bits per heavy atom. The molecular weight excluding hydrogens is 376 g/mol. The summed E-state index contributed by atoms with van der Waals surface area (Å²) in [7, 11) is 1.61. The van der Waals surface area contributed by atoms with Crippen molar-refractivity contribution in [3.8, 4) is 17.2 Å². The average molecular weight is 401 g/mol. The first-order valence-corrected chi connectivity index (χ1v) is 10.1. The van der Waals surface area contributed by atoms with Gasteiger partial charge in [0.2, 0.25) is 0 Å². The molecule has 2 aromatic rings. The summed E-state index contributed by atoms with van der Waals surface area (Å²) in [6.07, 6.45) is 0. The number of carbonyl (C=O) groups excluding carboxylic acids is 1. The van der Waals surface area contributed by atoms with Gasteiger partial charge in [0.15, 0.2) is 11.8 Å². The molecule has 1 fully saturated rings. The van der Waals surface area contributed by atoms with Crippen LogP contribution in [-0.2, 0) is 4.79 Å². The topological polar surface area (TPSA) is 60.4 Å². The second-order valence-corrected chi connectivity index (χ2v) is 7.20. The molecule has 0 N–H and O–H groups in total. The summed E-state index contributed by atoms with van der Waals surface area (Å²) < 4.78 is 16.2. The Morgan fingerprint density at radius 3 is 2.32 bits per heavy atom. The van der Waals surface area contributed by atoms with Gasteiger partial charge < -0.3 is 14.2 Å². The van der Waals surface area contributed by atoms with Crippen molar-refractivity contribution in [2.45, 2.75) is 19.9 Å². The van der Waals surface area contributed by atoms with Crippen molar-refractivity contribution >= 4 is 28.5 Å². The molecule has 0 bridgehead atoms. The molecule has 0 aromatic heterocycles. The van der Waals surface area contributed by atoms with Crippen LogP contribution < -0.4 is 14.2 Å². The number of amides is 1. The third-order valence-corrected chi connectivity index (χ3v) is 5.36. The van der Waals surface area contributed by atoms with Crippen molar-refractivity contribution in [1.82, 2.24) is 4.90 Å². The summed E-state index contributed by atoms with van der Waals surface area (Å²) in [6.45, 7) is 4.54. The zero-order valence-electron chi connectivity index (χ0n) is 16.3. The first-order chi connectivity index (χ1) is 13.6. The van der Waals surface area contributed by atoms with Gasteiger partial charge in [-0.05, 0) is 62.4 Å². The Labute approximate surface area is 169 Å². The summed E-state index contributed by atoms with van der Waals surface area (Å²) in [4.78, 5) is 19.1. The predicted octanol–water partition coefficient (Wildman–Crippen LogP) is 4.12. The number of nitrogens with zero attached hydrogens (tertiary/aromatic N) is 2. The molecule has 6 nitrogen and oxygen atoms in total. The van der Waals surface area contributed by atoms with Crippen LogP contribution in [0, 0.1) is 0 Å². The Kier molecular flexibility index (Phi) is 6.81. The zero-order valence-corrected chi connectivity index (χ0v) is 17.1. The minimum atomic E-state index is -0.113. The van der Waals surface area contributed by atoms with E-state index in [0.29, 0.717) is 17.5 Å². The number of ether oxygens (including phenoxy) is 3. The van der Waals surface area contributed by atoms with E-state index in [1.165, 1.54) is 0 Å². The fourth-order valence-electron chi connectivity index (χ4n) is 2.75. The van der Waals surface area contributed by atoms with Gasteiger partial charge in [0.1, 0.15) is 17.2 Å². The maximum atomic E-state index is 12.8. The average Bonchev–Trinajstić information content (AvgIpc) is 3.08. The molecule has 28 heavy (non-hydrogen) atoms. The molecule has 0 radical (unpaired) electrons. The number of benzene rings is 2. The summed E-state index contributed by atoms with van der Waals surface area (Å²) in [5.74, 6) is 2.87. The molecule has 1 saturated heterocycles. The highest BCUT2D eigenvalue weighted by Crippen LogP contribution is 2.28. The van der Waals surface area contributed by atoms with Crippen molar-refractivity contribution < 1.29 is 19.0 Å². The third kappa shape index (κ3) is 4.98. The van der Waals surface area contributed by atoms with E-state index in [1.807, 2.05) is 38.1 Å². The summed E-state index contributed by atoms with van der Waals surface area (Å²) in [5, 5.41) is 0.694. The van der Waals surface area contributed by atoms with E-state index in [9.17, 15) is 4.79 Å². The lowest BCUT2D eigenvalue weighted by Gasteiger charge is -2.21. The maximum Gasteiger partial charge on any atom is 0.266 e. The van der Waals surface area contributed by atoms with E-state index < -0.39 is 0 Å². The molecule has 0 spiro atoms. The van der Waals surface area contributed by atoms with Gasteiger partial charge in [0.25, 0.3) is 5.91 Å². The summed E-state index contributed by atoms with van der Waals surface area (Å²) >= 11 is 1.57. The Hall–Kier alpha value is -2.67. The normalized spacial score (nSPS) is 17.6. The monoisotopic (exact) mass is 400 g/mol. The molecular formula is C21H24N2O4S. The highest BCUT2D eigenvalue weighted by Gasteiger charge is 2.32. The van der Waals surface area contributed by atoms with Gasteiger partial charge >= 0.3 is 0 Å². The first kappa shape index (κ1) is 20.1. The quantitative estimate of drug-likeness (QED) is 0.700. The van der Waals surface area contributed by atoms with E-state index in [2.05, 4.69) is 4.99 Å². The Bertz CT molecular complexity index is 821. The van der Waals surface area contributed by atoms with Crippen LogP contribution in [-0.4, -0.2) is 48.1 Å². The highest BCUT2D eigenvalue weighted by molar-refractivity contribution is 8.14. The van der Waals surface area contributed by atoms with E-state index >= 15 is 0 Å². The molecule has 0 unspecified atom stereocenters. The maximum absolute atomic E-state index is 12.8. The number of rotatable bonds is 7. The lowest BCUT2D eigenvalue weighted by molar-refractivity contribution is -0.130. The van der Waals surface area contributed by atoms with Crippen molar-refractivity contribution in [2.24, 2.45) is 4.99 Å². The fourth-order valence-corrected chi connectivity index (χ4v) is 3.88. The molecule has 0 saturated carbocycles. The van der Waals surface area contributed by atoms with E-state index in [0.717, 1.165) is 22.9 Å². The van der Waals surface area contributed by atoms with Gasteiger partial charge in [-0.2, -0.15) is 0 Å². The Balaban J connectivity index is 1.66. The summed E-state index contributed by atoms with van der Waals surface area (Å²) in [6, 6.07) is 14.8. The van der Waals surface area contributed by atoms with Crippen LogP contribution in [0.3, 0.4) is 0 Å². The van der Waals surface area contributed by atoms with Crippen LogP contribution in [0.4, 0.5) is 5.69 Å². The van der Waals surface area contributed by atoms with E-state index in [1.54, 1.807) is 48.0 Å². The van der Waals surface area contributed by atoms with Crippen LogP contribution in [0.1, 0.15) is 13.8 Å². The molecule has 1 aliphatic rings. The number of methoxy groups -OCH3 is 1. The molecule has 148 valence electrons. The highest BCUT2D eigenvalue weighted by atomic mass is 32.2. The first-order valence-electron chi connectivity index (χ1n) is 9.14. The van der Waals surface area contributed by atoms with Gasteiger partial charge in [0.05, 0.1) is 19.4 Å². The SMILES string of the molecule is CCOc1ccc(N=C2SC[C@H](C)N2C(=O)COc2ccc(OC)cc2)cc1. The fraction of sp³-hybridized carbons (Fsp3) is 0.333. The van der Waals surface area contributed by atoms with Crippen molar-refractivity contribution in [3.63, 3.8) is 0 Å². The second kappa shape index (κ2) is 9.50. The number of thioether (sulfide) groups is 1. The second-order valence-electron chi connectivity index (χ2n) is 6.21. The van der Waals surface area contributed by atoms with Gasteiger partial charge in [-0.25, -0.2) is 4.99 Å². The number of hydrogen-bond acceptors (Lipinski definition) is 6. The van der Waals surface area contributed by atoms with Gasteiger partial charge in [-0.1, -0.05) is 11.8 Å². The smallest absolute Gasteiger partial charge is 0.266 e. The molecule has 1 amide bonds. The van der Waals surface area contributed by atoms with Gasteiger partial charge in [0, 0.05) is 11.8 Å². The molecule has 1 aliphatic heterocycles. The van der Waals surface area contributed by atoms with Crippen molar-refractivity contribution in [1.29, 1.82) is 0 Å². The molecule has 0 aliphatic carbocycles. The minimum Gasteiger partial charge on any atom is -0.497 e. The lowest BCUT2D eigenvalue weighted by Crippen LogP contribution is -2.40. The van der Waals surface area contributed by atoms with Crippen LogP contribution in [0.5, 0.6) is 17.2 Å². The van der Waals surface area contributed by atoms with Crippen molar-refractivity contribution in [3.05, 3.63) is 48.5 Å².